The monoisotopic (exact) mass is 309 g/mol. The van der Waals surface area contributed by atoms with Crippen molar-refractivity contribution < 1.29 is 13.2 Å². The summed E-state index contributed by atoms with van der Waals surface area (Å²) in [4.78, 5) is 11.3. The van der Waals surface area contributed by atoms with E-state index < -0.39 is 15.1 Å². The quantitative estimate of drug-likeness (QED) is 0.698. The van der Waals surface area contributed by atoms with Gasteiger partial charge in [0.15, 0.2) is 0 Å². The first kappa shape index (κ1) is 14.6. The molecule has 0 saturated heterocycles. The van der Waals surface area contributed by atoms with E-state index in [1.807, 2.05) is 6.92 Å². The van der Waals surface area contributed by atoms with Crippen LogP contribution in [0.25, 0.3) is 0 Å². The topological polar surface area (TPSA) is 77.2 Å². The standard InChI is InChI=1S/C14H12ClNO3S/c1-9-2-5-11(6-3-9)20(18,19)13-8-10(16)4-7-12(13)14(15)17/h2-8H,16H2,1H3. The molecular weight excluding hydrogens is 298 g/mol. The fraction of sp³-hybridized carbons (Fsp3) is 0.0714. The smallest absolute Gasteiger partial charge is 0.253 e. The van der Waals surface area contributed by atoms with Gasteiger partial charge >= 0.3 is 0 Å². The fourth-order valence-corrected chi connectivity index (χ4v) is 3.48. The number of nitrogens with two attached hydrogens (primary N) is 1. The van der Waals surface area contributed by atoms with Gasteiger partial charge in [-0.25, -0.2) is 8.42 Å². The number of hydrogen-bond acceptors (Lipinski definition) is 4. The summed E-state index contributed by atoms with van der Waals surface area (Å²) in [5.74, 6) is 0. The lowest BCUT2D eigenvalue weighted by Crippen LogP contribution is -2.08. The third-order valence-electron chi connectivity index (χ3n) is 2.84. The molecule has 0 bridgehead atoms. The van der Waals surface area contributed by atoms with Crippen LogP contribution in [0.15, 0.2) is 52.3 Å². The maximum atomic E-state index is 12.6. The van der Waals surface area contributed by atoms with Crippen molar-refractivity contribution in [2.45, 2.75) is 16.7 Å². The van der Waals surface area contributed by atoms with Gasteiger partial charge in [-0.3, -0.25) is 4.79 Å². The number of anilines is 1. The number of nitrogen functional groups attached to an aromatic ring is 1. The first-order valence-electron chi connectivity index (χ1n) is 5.73. The minimum atomic E-state index is -3.84. The molecule has 0 aromatic heterocycles. The lowest BCUT2D eigenvalue weighted by atomic mass is 10.2. The summed E-state index contributed by atoms with van der Waals surface area (Å²) >= 11 is 5.44. The molecule has 0 unspecified atom stereocenters. The predicted octanol–water partition coefficient (Wildman–Crippen LogP) is 2.79. The van der Waals surface area contributed by atoms with E-state index in [0.717, 1.165) is 5.56 Å². The summed E-state index contributed by atoms with van der Waals surface area (Å²) in [6.07, 6.45) is 0. The molecule has 2 rings (SSSR count). The number of rotatable bonds is 3. The van der Waals surface area contributed by atoms with Gasteiger partial charge in [0.1, 0.15) is 0 Å². The molecule has 0 heterocycles. The van der Waals surface area contributed by atoms with Crippen molar-refractivity contribution >= 4 is 32.4 Å². The molecule has 0 aliphatic rings. The molecule has 0 saturated carbocycles. The van der Waals surface area contributed by atoms with Gasteiger partial charge in [0.2, 0.25) is 9.84 Å². The Hall–Kier alpha value is -1.85. The minimum absolute atomic E-state index is 0.0820. The molecule has 2 N–H and O–H groups in total. The highest BCUT2D eigenvalue weighted by Gasteiger charge is 2.24. The van der Waals surface area contributed by atoms with Gasteiger partial charge in [0.25, 0.3) is 5.24 Å². The van der Waals surface area contributed by atoms with E-state index in [2.05, 4.69) is 0 Å². The lowest BCUT2D eigenvalue weighted by molar-refractivity contribution is 0.107. The van der Waals surface area contributed by atoms with E-state index in [-0.39, 0.29) is 21.0 Å². The molecular formula is C14H12ClNO3S. The Kier molecular flexibility index (Phi) is 3.83. The number of benzene rings is 2. The van der Waals surface area contributed by atoms with Crippen LogP contribution in [-0.4, -0.2) is 13.7 Å². The van der Waals surface area contributed by atoms with E-state index >= 15 is 0 Å². The average Bonchev–Trinajstić information content (AvgIpc) is 2.38. The Morgan fingerprint density at radius 2 is 1.70 bits per heavy atom. The zero-order valence-corrected chi connectivity index (χ0v) is 12.2. The molecule has 0 fully saturated rings. The zero-order valence-electron chi connectivity index (χ0n) is 10.6. The van der Waals surface area contributed by atoms with Crippen molar-refractivity contribution in [1.29, 1.82) is 0 Å². The average molecular weight is 310 g/mol. The van der Waals surface area contributed by atoms with Crippen LogP contribution in [0.4, 0.5) is 5.69 Å². The molecule has 0 aliphatic heterocycles. The molecule has 20 heavy (non-hydrogen) atoms. The molecule has 6 heteroatoms. The first-order chi connectivity index (χ1) is 9.32. The highest BCUT2D eigenvalue weighted by molar-refractivity contribution is 7.91. The fourth-order valence-electron chi connectivity index (χ4n) is 1.77. The van der Waals surface area contributed by atoms with Gasteiger partial charge in [-0.1, -0.05) is 17.7 Å². The normalized spacial score (nSPS) is 11.3. The van der Waals surface area contributed by atoms with Gasteiger partial charge in [-0.05, 0) is 48.9 Å². The van der Waals surface area contributed by atoms with Crippen LogP contribution in [-0.2, 0) is 9.84 Å². The zero-order chi connectivity index (χ0) is 14.9. The number of carbonyl (C=O) groups is 1. The van der Waals surface area contributed by atoms with E-state index in [9.17, 15) is 13.2 Å². The predicted molar refractivity (Wildman–Crippen MR) is 77.7 cm³/mol. The van der Waals surface area contributed by atoms with Crippen LogP contribution in [0.5, 0.6) is 0 Å². The van der Waals surface area contributed by atoms with E-state index in [4.69, 9.17) is 17.3 Å². The van der Waals surface area contributed by atoms with Gasteiger partial charge in [0.05, 0.1) is 15.4 Å². The van der Waals surface area contributed by atoms with Gasteiger partial charge < -0.3 is 5.73 Å². The van der Waals surface area contributed by atoms with Gasteiger partial charge in [0, 0.05) is 5.69 Å². The summed E-state index contributed by atoms with van der Waals surface area (Å²) in [5, 5.41) is -0.837. The van der Waals surface area contributed by atoms with Crippen molar-refractivity contribution in [2.24, 2.45) is 0 Å². The van der Waals surface area contributed by atoms with Gasteiger partial charge in [-0.15, -0.1) is 0 Å². The van der Waals surface area contributed by atoms with Crippen LogP contribution in [0.3, 0.4) is 0 Å². The minimum Gasteiger partial charge on any atom is -0.399 e. The third-order valence-corrected chi connectivity index (χ3v) is 4.85. The maximum Gasteiger partial charge on any atom is 0.253 e. The van der Waals surface area contributed by atoms with Crippen LogP contribution < -0.4 is 5.73 Å². The summed E-state index contributed by atoms with van der Waals surface area (Å²) in [6.45, 7) is 1.85. The van der Waals surface area contributed by atoms with Crippen molar-refractivity contribution in [2.75, 3.05) is 5.73 Å². The molecule has 0 atom stereocenters. The maximum absolute atomic E-state index is 12.6. The second-order valence-electron chi connectivity index (χ2n) is 4.35. The molecule has 104 valence electrons. The number of aryl methyl sites for hydroxylation is 1. The van der Waals surface area contributed by atoms with Crippen molar-refractivity contribution in [3.63, 3.8) is 0 Å². The molecule has 2 aromatic rings. The van der Waals surface area contributed by atoms with Gasteiger partial charge in [-0.2, -0.15) is 0 Å². The highest BCUT2D eigenvalue weighted by Crippen LogP contribution is 2.27. The Morgan fingerprint density at radius 1 is 1.10 bits per heavy atom. The molecule has 0 radical (unpaired) electrons. The summed E-state index contributed by atoms with van der Waals surface area (Å²) in [7, 11) is -3.84. The van der Waals surface area contributed by atoms with Crippen molar-refractivity contribution in [1.82, 2.24) is 0 Å². The molecule has 0 spiro atoms. The van der Waals surface area contributed by atoms with Crippen LogP contribution in [0, 0.1) is 6.92 Å². The molecule has 0 amide bonds. The number of hydrogen-bond donors (Lipinski definition) is 1. The number of carbonyl (C=O) groups excluding carboxylic acids is 1. The van der Waals surface area contributed by atoms with Crippen LogP contribution in [0.2, 0.25) is 0 Å². The Labute approximate surface area is 122 Å². The summed E-state index contributed by atoms with van der Waals surface area (Å²) < 4.78 is 25.1. The molecule has 4 nitrogen and oxygen atoms in total. The van der Waals surface area contributed by atoms with E-state index in [1.54, 1.807) is 12.1 Å². The summed E-state index contributed by atoms with van der Waals surface area (Å²) in [5.41, 5.74) is 6.71. The van der Waals surface area contributed by atoms with E-state index in [1.165, 1.54) is 30.3 Å². The second-order valence-corrected chi connectivity index (χ2v) is 6.61. The second kappa shape index (κ2) is 5.26. The van der Waals surface area contributed by atoms with Crippen LogP contribution >= 0.6 is 11.6 Å². The Morgan fingerprint density at radius 3 is 2.25 bits per heavy atom. The Bertz CT molecular complexity index is 768. The number of halogens is 1. The number of sulfone groups is 1. The highest BCUT2D eigenvalue weighted by atomic mass is 35.5. The van der Waals surface area contributed by atoms with Crippen LogP contribution in [0.1, 0.15) is 15.9 Å². The van der Waals surface area contributed by atoms with Crippen molar-refractivity contribution in [3.05, 3.63) is 53.6 Å². The SMILES string of the molecule is Cc1ccc(S(=O)(=O)c2cc(N)ccc2C(=O)Cl)cc1. The molecule has 0 aliphatic carbocycles. The van der Waals surface area contributed by atoms with Crippen molar-refractivity contribution in [3.8, 4) is 0 Å². The largest absolute Gasteiger partial charge is 0.399 e. The Balaban J connectivity index is 2.68. The van der Waals surface area contributed by atoms with E-state index in [0.29, 0.717) is 0 Å². The lowest BCUT2D eigenvalue weighted by Gasteiger charge is -2.09. The summed E-state index contributed by atoms with van der Waals surface area (Å²) in [6, 6.07) is 10.3. The third kappa shape index (κ3) is 2.69. The molecule has 2 aromatic carbocycles. The first-order valence-corrected chi connectivity index (χ1v) is 7.59.